The van der Waals surface area contributed by atoms with Crippen LogP contribution in [0.2, 0.25) is 0 Å². The van der Waals surface area contributed by atoms with E-state index in [9.17, 15) is 19.8 Å². The van der Waals surface area contributed by atoms with Gasteiger partial charge in [0.2, 0.25) is 5.91 Å². The van der Waals surface area contributed by atoms with Gasteiger partial charge in [-0.2, -0.15) is 0 Å². The largest absolute Gasteiger partial charge is 0.390 e. The van der Waals surface area contributed by atoms with Crippen LogP contribution in [0.5, 0.6) is 0 Å². The van der Waals surface area contributed by atoms with Crippen molar-refractivity contribution < 1.29 is 34.0 Å². The maximum absolute atomic E-state index is 12.9. The van der Waals surface area contributed by atoms with E-state index in [0.29, 0.717) is 55.2 Å². The number of aliphatic hydroxyl groups is 2. The number of ketones is 1. The molecule has 0 aromatic rings. The number of Topliss-reactive ketones (excluding diaryl/α,β-unsaturated/α-hetero) is 1. The van der Waals surface area contributed by atoms with Crippen molar-refractivity contribution in [2.45, 2.75) is 142 Å². The number of morpholine rings is 1. The van der Waals surface area contributed by atoms with Gasteiger partial charge in [-0.15, -0.1) is 0 Å². The molecule has 2 aliphatic heterocycles. The van der Waals surface area contributed by atoms with Crippen LogP contribution in [0.1, 0.15) is 112 Å². The van der Waals surface area contributed by atoms with Crippen molar-refractivity contribution in [3.05, 3.63) is 0 Å². The molecule has 6 aliphatic carbocycles. The van der Waals surface area contributed by atoms with E-state index >= 15 is 0 Å². The first kappa shape index (κ1) is 32.2. The Balaban J connectivity index is 0.999. The quantitative estimate of drug-likeness (QED) is 0.398. The number of amides is 1. The molecular formula is C38H59NO7. The maximum atomic E-state index is 12.9. The van der Waals surface area contributed by atoms with Gasteiger partial charge >= 0.3 is 0 Å². The number of hydrogen-bond acceptors (Lipinski definition) is 7. The summed E-state index contributed by atoms with van der Waals surface area (Å²) in [4.78, 5) is 27.0. The van der Waals surface area contributed by atoms with Crippen molar-refractivity contribution in [1.82, 2.24) is 4.90 Å². The van der Waals surface area contributed by atoms with Crippen LogP contribution in [0.3, 0.4) is 0 Å². The van der Waals surface area contributed by atoms with Crippen molar-refractivity contribution in [3.63, 3.8) is 0 Å². The van der Waals surface area contributed by atoms with Crippen LogP contribution in [-0.4, -0.2) is 83.8 Å². The standard InChI is InChI=1S/C38H59NO7/c1-22-16-25(18-24(41)20-40)45-32-31(22)35(4)12-13-38-21-37(38)11-10-28(34(2,3)26(37)8-9-27(38)36(35,5)33(32)43)46-30-19-39(14-15-44-30)29(42)17-23-6-7-23/h22-23,25-28,30-33,40,43H,6-21H2,1-5H3/t22-,25?,26+,27?,28?,30+,31+,32?,33+,35?,36-,37?,38?/m1/s1. The molecule has 8 rings (SSSR count). The number of ether oxygens (including phenoxy) is 3. The molecule has 8 nitrogen and oxygen atoms in total. The molecular weight excluding hydrogens is 582 g/mol. The molecule has 8 fully saturated rings. The highest BCUT2D eigenvalue weighted by molar-refractivity contribution is 5.79. The van der Waals surface area contributed by atoms with Crippen molar-refractivity contribution in [3.8, 4) is 0 Å². The first-order chi connectivity index (χ1) is 21.8. The zero-order chi connectivity index (χ0) is 32.4. The van der Waals surface area contributed by atoms with Gasteiger partial charge in [0, 0.05) is 24.8 Å². The normalized spacial score (nSPS) is 52.1. The predicted octanol–water partition coefficient (Wildman–Crippen LogP) is 5.12. The average Bonchev–Trinajstić information content (AvgIpc) is 3.94. The SMILES string of the molecule is C[C@@H]1CC(CC(=O)CO)OC2[C@H]1C1(C)CCC34CC35CCC(O[C@H]3CN(C(=O)CC6CC6)CCO3)C(C)(C)[C@@H]5CCC4[C@]1(C)[C@H]2O. The van der Waals surface area contributed by atoms with Crippen LogP contribution in [0.4, 0.5) is 0 Å². The van der Waals surface area contributed by atoms with Crippen LogP contribution < -0.4 is 0 Å². The van der Waals surface area contributed by atoms with E-state index in [0.717, 1.165) is 32.1 Å². The molecule has 8 aliphatic rings. The molecule has 2 spiro atoms. The van der Waals surface area contributed by atoms with E-state index in [-0.39, 0.29) is 70.3 Å². The van der Waals surface area contributed by atoms with Gasteiger partial charge < -0.3 is 29.3 Å². The van der Waals surface area contributed by atoms with Crippen molar-refractivity contribution in [1.29, 1.82) is 0 Å². The number of hydrogen-bond donors (Lipinski definition) is 2. The fourth-order valence-electron chi connectivity index (χ4n) is 13.9. The van der Waals surface area contributed by atoms with Gasteiger partial charge in [-0.25, -0.2) is 0 Å². The molecule has 2 N–H and O–H groups in total. The Morgan fingerprint density at radius 3 is 2.43 bits per heavy atom. The second-order valence-corrected chi connectivity index (χ2v) is 18.5. The topological polar surface area (TPSA) is 106 Å². The van der Waals surface area contributed by atoms with Crippen molar-refractivity contribution in [2.75, 3.05) is 26.3 Å². The second kappa shape index (κ2) is 10.7. The van der Waals surface area contributed by atoms with Crippen molar-refractivity contribution >= 4 is 11.7 Å². The average molecular weight is 642 g/mol. The molecule has 1 amide bonds. The van der Waals surface area contributed by atoms with Gasteiger partial charge in [-0.1, -0.05) is 34.6 Å². The highest BCUT2D eigenvalue weighted by Crippen LogP contribution is 2.89. The first-order valence-electron chi connectivity index (χ1n) is 18.8. The summed E-state index contributed by atoms with van der Waals surface area (Å²) in [6, 6.07) is 0. The summed E-state index contributed by atoms with van der Waals surface area (Å²) in [5, 5.41) is 21.7. The minimum Gasteiger partial charge on any atom is -0.390 e. The number of rotatable bonds is 7. The highest BCUT2D eigenvalue weighted by atomic mass is 16.7. The molecule has 7 unspecified atom stereocenters. The molecule has 0 bridgehead atoms. The van der Waals surface area contributed by atoms with Gasteiger partial charge in [0.25, 0.3) is 0 Å². The number of carbonyl (C=O) groups is 2. The second-order valence-electron chi connectivity index (χ2n) is 18.5. The molecule has 258 valence electrons. The lowest BCUT2D eigenvalue weighted by Crippen LogP contribution is -2.60. The highest BCUT2D eigenvalue weighted by Gasteiger charge is 2.84. The molecule has 8 heteroatoms. The molecule has 0 aromatic carbocycles. The zero-order valence-corrected chi connectivity index (χ0v) is 29.0. The van der Waals surface area contributed by atoms with Crippen LogP contribution in [0.15, 0.2) is 0 Å². The van der Waals surface area contributed by atoms with Gasteiger partial charge in [0.15, 0.2) is 12.1 Å². The summed E-state index contributed by atoms with van der Waals surface area (Å²) in [5.74, 6) is 2.36. The summed E-state index contributed by atoms with van der Waals surface area (Å²) in [7, 11) is 0. The lowest BCUT2D eigenvalue weighted by atomic mass is 9.41. The summed E-state index contributed by atoms with van der Waals surface area (Å²) in [6.07, 6.45) is 11.0. The minimum atomic E-state index is -0.546. The van der Waals surface area contributed by atoms with Crippen LogP contribution in [-0.2, 0) is 23.8 Å². The Labute approximate surface area is 275 Å². The maximum Gasteiger partial charge on any atom is 0.223 e. The van der Waals surface area contributed by atoms with E-state index in [1.807, 2.05) is 4.90 Å². The third-order valence-electron chi connectivity index (χ3n) is 16.3. The summed E-state index contributed by atoms with van der Waals surface area (Å²) in [5.41, 5.74) is 0.336. The van der Waals surface area contributed by atoms with Crippen LogP contribution >= 0.6 is 0 Å². The van der Waals surface area contributed by atoms with E-state index in [4.69, 9.17) is 14.2 Å². The Kier molecular flexibility index (Phi) is 7.49. The number of aliphatic hydroxyl groups excluding tert-OH is 2. The predicted molar refractivity (Wildman–Crippen MR) is 171 cm³/mol. The Hall–Kier alpha value is -1.06. The van der Waals surface area contributed by atoms with Gasteiger partial charge in [-0.3, -0.25) is 9.59 Å². The molecule has 6 saturated carbocycles. The molecule has 2 heterocycles. The lowest BCUT2D eigenvalue weighted by Gasteiger charge is -2.64. The molecule has 0 radical (unpaired) electrons. The van der Waals surface area contributed by atoms with Crippen molar-refractivity contribution in [2.24, 2.45) is 56.7 Å². The molecule has 2 saturated heterocycles. The zero-order valence-electron chi connectivity index (χ0n) is 29.0. The van der Waals surface area contributed by atoms with E-state index in [1.165, 1.54) is 32.1 Å². The molecule has 46 heavy (non-hydrogen) atoms. The third-order valence-corrected chi connectivity index (χ3v) is 16.3. The van der Waals surface area contributed by atoms with Gasteiger partial charge in [0.1, 0.15) is 6.61 Å². The number of nitrogens with zero attached hydrogens (tertiary/aromatic N) is 1. The Morgan fingerprint density at radius 2 is 1.70 bits per heavy atom. The fourth-order valence-corrected chi connectivity index (χ4v) is 13.9. The summed E-state index contributed by atoms with van der Waals surface area (Å²) in [6.45, 7) is 13.4. The third kappa shape index (κ3) is 4.34. The Morgan fingerprint density at radius 1 is 0.957 bits per heavy atom. The number of fused-ring (bicyclic) bond motifs is 4. The summed E-state index contributed by atoms with van der Waals surface area (Å²) < 4.78 is 19.6. The van der Waals surface area contributed by atoms with Gasteiger partial charge in [-0.05, 0) is 115 Å². The van der Waals surface area contributed by atoms with E-state index < -0.39 is 12.7 Å². The van der Waals surface area contributed by atoms with E-state index in [2.05, 4.69) is 34.6 Å². The monoisotopic (exact) mass is 641 g/mol. The lowest BCUT2D eigenvalue weighted by molar-refractivity contribution is -0.248. The van der Waals surface area contributed by atoms with Gasteiger partial charge in [0.05, 0.1) is 37.6 Å². The smallest absolute Gasteiger partial charge is 0.223 e. The molecule has 0 aromatic heterocycles. The van der Waals surface area contributed by atoms with Crippen LogP contribution in [0, 0.1) is 56.7 Å². The minimum absolute atomic E-state index is 0.00437. The first-order valence-corrected chi connectivity index (χ1v) is 18.8. The van der Waals surface area contributed by atoms with E-state index in [1.54, 1.807) is 0 Å². The number of carbonyl (C=O) groups excluding carboxylic acids is 2. The van der Waals surface area contributed by atoms with Crippen LogP contribution in [0.25, 0.3) is 0 Å². The Bertz CT molecular complexity index is 1250. The molecule has 13 atom stereocenters. The fraction of sp³-hybridized carbons (Fsp3) is 0.947. The summed E-state index contributed by atoms with van der Waals surface area (Å²) >= 11 is 0.